The molecule has 1 unspecified atom stereocenters. The van der Waals surface area contributed by atoms with Gasteiger partial charge in [0.15, 0.2) is 0 Å². The Hall–Kier alpha value is -2.72. The molecule has 0 aromatic carbocycles. The molecule has 122 valence electrons. The number of hydrogen-bond acceptors (Lipinski definition) is 5. The maximum atomic E-state index is 9.10. The van der Waals surface area contributed by atoms with Crippen molar-refractivity contribution in [3.63, 3.8) is 0 Å². The molecule has 1 aliphatic rings. The van der Waals surface area contributed by atoms with Gasteiger partial charge in [-0.25, -0.2) is 4.98 Å². The Balaban J connectivity index is 1.47. The summed E-state index contributed by atoms with van der Waals surface area (Å²) in [6.07, 6.45) is 9.85. The lowest BCUT2D eigenvalue weighted by Crippen LogP contribution is -2.37. The fraction of sp³-hybridized carbons (Fsp3) is 0.412. The van der Waals surface area contributed by atoms with Crippen molar-refractivity contribution in [1.29, 1.82) is 5.26 Å². The van der Waals surface area contributed by atoms with Gasteiger partial charge in [-0.05, 0) is 37.4 Å². The third-order valence-corrected chi connectivity index (χ3v) is 4.62. The highest BCUT2D eigenvalue weighted by atomic mass is 15.4. The lowest BCUT2D eigenvalue weighted by Gasteiger charge is -2.32. The summed E-state index contributed by atoms with van der Waals surface area (Å²) in [5, 5.41) is 17.1. The molecule has 24 heavy (non-hydrogen) atoms. The molecule has 0 saturated carbocycles. The summed E-state index contributed by atoms with van der Waals surface area (Å²) in [6.45, 7) is 3.91. The number of hydrogen-bond donors (Lipinski definition) is 0. The van der Waals surface area contributed by atoms with Crippen LogP contribution in [0, 0.1) is 17.2 Å². The van der Waals surface area contributed by atoms with E-state index in [4.69, 9.17) is 5.26 Å². The van der Waals surface area contributed by atoms with Crippen molar-refractivity contribution in [1.82, 2.24) is 29.3 Å². The van der Waals surface area contributed by atoms with E-state index < -0.39 is 0 Å². The second-order valence-electron chi connectivity index (χ2n) is 6.38. The largest absolute Gasteiger partial charge is 0.301 e. The van der Waals surface area contributed by atoms with Crippen LogP contribution in [0.4, 0.5) is 0 Å². The molecular weight excluding hydrogens is 302 g/mol. The average molecular weight is 321 g/mol. The Bertz CT molecular complexity index is 859. The highest BCUT2D eigenvalue weighted by Crippen LogP contribution is 2.20. The number of piperidine rings is 1. The molecule has 3 aromatic heterocycles. The fourth-order valence-electron chi connectivity index (χ4n) is 3.48. The molecule has 0 spiro atoms. The molecule has 0 N–H and O–H groups in total. The Kier molecular flexibility index (Phi) is 3.97. The second kappa shape index (κ2) is 6.42. The molecule has 0 aliphatic carbocycles. The van der Waals surface area contributed by atoms with Crippen molar-refractivity contribution in [2.75, 3.05) is 13.1 Å². The molecule has 0 amide bonds. The molecule has 1 saturated heterocycles. The van der Waals surface area contributed by atoms with Gasteiger partial charge in [0.1, 0.15) is 11.7 Å². The molecular formula is C17H19N7. The van der Waals surface area contributed by atoms with Gasteiger partial charge in [0.2, 0.25) is 0 Å². The smallest absolute Gasteiger partial charge is 0.137 e. The number of pyridine rings is 1. The highest BCUT2D eigenvalue weighted by Gasteiger charge is 2.21. The lowest BCUT2D eigenvalue weighted by molar-refractivity contribution is 0.151. The summed E-state index contributed by atoms with van der Waals surface area (Å²) < 4.78 is 3.95. The summed E-state index contributed by atoms with van der Waals surface area (Å²) >= 11 is 0. The molecule has 1 aliphatic heterocycles. The minimum Gasteiger partial charge on any atom is -0.301 e. The summed E-state index contributed by atoms with van der Waals surface area (Å²) in [7, 11) is 0. The monoisotopic (exact) mass is 321 g/mol. The number of nitriles is 1. The number of aromatic nitrogens is 5. The topological polar surface area (TPSA) is 75.0 Å². The first-order valence-electron chi connectivity index (χ1n) is 8.24. The van der Waals surface area contributed by atoms with Crippen LogP contribution < -0.4 is 0 Å². The van der Waals surface area contributed by atoms with E-state index in [2.05, 4.69) is 26.3 Å². The maximum absolute atomic E-state index is 9.10. The van der Waals surface area contributed by atoms with E-state index in [9.17, 15) is 0 Å². The van der Waals surface area contributed by atoms with Crippen LogP contribution in [0.1, 0.15) is 24.1 Å². The molecule has 7 heteroatoms. The quantitative estimate of drug-likeness (QED) is 0.731. The Morgan fingerprint density at radius 2 is 2.29 bits per heavy atom. The predicted octanol–water partition coefficient (Wildman–Crippen LogP) is 1.71. The van der Waals surface area contributed by atoms with Gasteiger partial charge in [0.25, 0.3) is 0 Å². The van der Waals surface area contributed by atoms with Crippen molar-refractivity contribution in [3.05, 3.63) is 48.2 Å². The molecule has 1 atom stereocenters. The van der Waals surface area contributed by atoms with Gasteiger partial charge in [-0.1, -0.05) is 5.21 Å². The summed E-state index contributed by atoms with van der Waals surface area (Å²) in [5.41, 5.74) is 2.67. The van der Waals surface area contributed by atoms with Gasteiger partial charge in [-0.2, -0.15) is 5.26 Å². The van der Waals surface area contributed by atoms with Crippen molar-refractivity contribution in [2.24, 2.45) is 5.92 Å². The van der Waals surface area contributed by atoms with Gasteiger partial charge < -0.3 is 4.40 Å². The molecule has 0 bridgehead atoms. The summed E-state index contributed by atoms with van der Waals surface area (Å²) in [4.78, 5) is 6.91. The third kappa shape index (κ3) is 3.01. The van der Waals surface area contributed by atoms with Crippen LogP contribution in [0.15, 0.2) is 36.9 Å². The van der Waals surface area contributed by atoms with Crippen LogP contribution in [0.2, 0.25) is 0 Å². The van der Waals surface area contributed by atoms with Crippen LogP contribution >= 0.6 is 0 Å². The SMILES string of the molecule is N#Cc1ccc2ncc(CN3CCCC(Cn4ccnn4)C3)n2c1. The zero-order chi connectivity index (χ0) is 16.4. The lowest BCUT2D eigenvalue weighted by atomic mass is 9.98. The zero-order valence-corrected chi connectivity index (χ0v) is 13.4. The average Bonchev–Trinajstić information content (AvgIpc) is 3.25. The first-order valence-corrected chi connectivity index (χ1v) is 8.24. The van der Waals surface area contributed by atoms with Crippen molar-refractivity contribution in [2.45, 2.75) is 25.9 Å². The van der Waals surface area contributed by atoms with E-state index in [-0.39, 0.29) is 0 Å². The Labute approximate surface area is 140 Å². The molecule has 7 nitrogen and oxygen atoms in total. The number of nitrogens with zero attached hydrogens (tertiary/aromatic N) is 7. The second-order valence-corrected chi connectivity index (χ2v) is 6.38. The van der Waals surface area contributed by atoms with Gasteiger partial charge in [0, 0.05) is 32.0 Å². The van der Waals surface area contributed by atoms with E-state index in [1.165, 1.54) is 12.8 Å². The molecule has 0 radical (unpaired) electrons. The van der Waals surface area contributed by atoms with Gasteiger partial charge in [-0.15, -0.1) is 5.10 Å². The maximum Gasteiger partial charge on any atom is 0.137 e. The first-order chi connectivity index (χ1) is 11.8. The van der Waals surface area contributed by atoms with E-state index in [1.54, 1.807) is 12.3 Å². The van der Waals surface area contributed by atoms with Crippen molar-refractivity contribution in [3.8, 4) is 6.07 Å². The normalized spacial score (nSPS) is 18.7. The standard InChI is InChI=1S/C17H19N7/c18-8-14-3-4-17-19-9-16(24(17)12-14)13-22-6-1-2-15(10-22)11-23-7-5-20-21-23/h3-5,7,9,12,15H,1-2,6,10-11,13H2. The molecule has 1 fully saturated rings. The van der Waals surface area contributed by atoms with Crippen LogP contribution in [0.5, 0.6) is 0 Å². The Morgan fingerprint density at radius 3 is 3.12 bits per heavy atom. The van der Waals surface area contributed by atoms with E-state index in [1.807, 2.05) is 33.7 Å². The minimum absolute atomic E-state index is 0.592. The number of likely N-dealkylation sites (tertiary alicyclic amines) is 1. The number of fused-ring (bicyclic) bond motifs is 1. The van der Waals surface area contributed by atoms with Crippen LogP contribution in [-0.2, 0) is 13.1 Å². The summed E-state index contributed by atoms with van der Waals surface area (Å²) in [6, 6.07) is 5.90. The summed E-state index contributed by atoms with van der Waals surface area (Å²) in [5.74, 6) is 0.592. The van der Waals surface area contributed by atoms with Crippen LogP contribution in [0.3, 0.4) is 0 Å². The number of rotatable bonds is 4. The molecule has 4 rings (SSSR count). The van der Waals surface area contributed by atoms with E-state index in [0.717, 1.165) is 37.5 Å². The van der Waals surface area contributed by atoms with Gasteiger partial charge in [0.05, 0.1) is 23.7 Å². The predicted molar refractivity (Wildman–Crippen MR) is 87.9 cm³/mol. The van der Waals surface area contributed by atoms with Crippen molar-refractivity contribution >= 4 is 5.65 Å². The third-order valence-electron chi connectivity index (χ3n) is 4.62. The fourth-order valence-corrected chi connectivity index (χ4v) is 3.48. The first kappa shape index (κ1) is 14.8. The van der Waals surface area contributed by atoms with Gasteiger partial charge >= 0.3 is 0 Å². The van der Waals surface area contributed by atoms with E-state index in [0.29, 0.717) is 11.5 Å². The van der Waals surface area contributed by atoms with Gasteiger partial charge in [-0.3, -0.25) is 9.58 Å². The molecule has 3 aromatic rings. The van der Waals surface area contributed by atoms with Crippen LogP contribution in [-0.4, -0.2) is 42.4 Å². The van der Waals surface area contributed by atoms with Crippen molar-refractivity contribution < 1.29 is 0 Å². The van der Waals surface area contributed by atoms with E-state index >= 15 is 0 Å². The molecule has 4 heterocycles. The zero-order valence-electron chi connectivity index (χ0n) is 13.4. The number of imidazole rings is 1. The highest BCUT2D eigenvalue weighted by molar-refractivity contribution is 5.44. The Morgan fingerprint density at radius 1 is 1.33 bits per heavy atom. The van der Waals surface area contributed by atoms with Crippen LogP contribution in [0.25, 0.3) is 5.65 Å². The minimum atomic E-state index is 0.592.